The smallest absolute Gasteiger partial charge is 0.220 e. The van der Waals surface area contributed by atoms with Gasteiger partial charge in [0.05, 0.1) is 12.8 Å². The van der Waals surface area contributed by atoms with Gasteiger partial charge in [-0.2, -0.15) is 16.7 Å². The zero-order chi connectivity index (χ0) is 9.97. The average molecular weight is 211 g/mol. The standard InChI is InChI=1S/C9H13N3OS/c1-13-9-6-4-14-5-7(6)11-8(12-9)2-3-10/h2-5,10H2,1H3. The quantitative estimate of drug-likeness (QED) is 0.798. The van der Waals surface area contributed by atoms with Gasteiger partial charge in [0.2, 0.25) is 5.88 Å². The van der Waals surface area contributed by atoms with Crippen molar-refractivity contribution >= 4 is 11.8 Å². The predicted octanol–water partition coefficient (Wildman–Crippen LogP) is 0.733. The van der Waals surface area contributed by atoms with Gasteiger partial charge in [-0.1, -0.05) is 0 Å². The fraction of sp³-hybridized carbons (Fsp3) is 0.556. The molecule has 0 radical (unpaired) electrons. The maximum atomic E-state index is 5.47. The maximum absolute atomic E-state index is 5.47. The maximum Gasteiger partial charge on any atom is 0.220 e. The van der Waals surface area contributed by atoms with Gasteiger partial charge in [0, 0.05) is 23.5 Å². The third-order valence-electron chi connectivity index (χ3n) is 2.15. The summed E-state index contributed by atoms with van der Waals surface area (Å²) in [5.41, 5.74) is 7.74. The highest BCUT2D eigenvalue weighted by molar-refractivity contribution is 7.98. The van der Waals surface area contributed by atoms with Crippen LogP contribution < -0.4 is 10.5 Å². The van der Waals surface area contributed by atoms with E-state index in [9.17, 15) is 0 Å². The van der Waals surface area contributed by atoms with Gasteiger partial charge in [0.25, 0.3) is 0 Å². The number of hydrogen-bond acceptors (Lipinski definition) is 5. The van der Waals surface area contributed by atoms with Crippen LogP contribution in [-0.2, 0) is 17.9 Å². The molecule has 76 valence electrons. The van der Waals surface area contributed by atoms with Crippen LogP contribution >= 0.6 is 11.8 Å². The Morgan fingerprint density at radius 3 is 3.00 bits per heavy atom. The normalized spacial score (nSPS) is 14.1. The minimum atomic E-state index is 0.578. The van der Waals surface area contributed by atoms with E-state index in [0.29, 0.717) is 13.0 Å². The lowest BCUT2D eigenvalue weighted by atomic mass is 10.2. The summed E-state index contributed by atoms with van der Waals surface area (Å²) >= 11 is 1.85. The Morgan fingerprint density at radius 2 is 2.29 bits per heavy atom. The Kier molecular flexibility index (Phi) is 2.88. The number of hydrogen-bond donors (Lipinski definition) is 1. The van der Waals surface area contributed by atoms with E-state index in [0.717, 1.165) is 34.5 Å². The van der Waals surface area contributed by atoms with E-state index in [1.54, 1.807) is 7.11 Å². The molecule has 2 rings (SSSR count). The monoisotopic (exact) mass is 211 g/mol. The fourth-order valence-electron chi connectivity index (χ4n) is 1.48. The summed E-state index contributed by atoms with van der Waals surface area (Å²) < 4.78 is 5.24. The molecule has 0 unspecified atom stereocenters. The van der Waals surface area contributed by atoms with Crippen molar-refractivity contribution in [3.8, 4) is 5.88 Å². The molecule has 2 heterocycles. The zero-order valence-corrected chi connectivity index (χ0v) is 8.93. The first-order valence-corrected chi connectivity index (χ1v) is 5.71. The van der Waals surface area contributed by atoms with Gasteiger partial charge < -0.3 is 10.5 Å². The van der Waals surface area contributed by atoms with Crippen LogP contribution in [0.3, 0.4) is 0 Å². The molecule has 0 bridgehead atoms. The number of thioether (sulfide) groups is 1. The summed E-state index contributed by atoms with van der Waals surface area (Å²) in [6, 6.07) is 0. The number of nitrogens with zero attached hydrogens (tertiary/aromatic N) is 2. The highest BCUT2D eigenvalue weighted by Crippen LogP contribution is 2.33. The molecule has 0 atom stereocenters. The first kappa shape index (κ1) is 9.73. The molecule has 14 heavy (non-hydrogen) atoms. The van der Waals surface area contributed by atoms with E-state index < -0.39 is 0 Å². The third-order valence-corrected chi connectivity index (χ3v) is 3.12. The zero-order valence-electron chi connectivity index (χ0n) is 8.12. The minimum Gasteiger partial charge on any atom is -0.481 e. The van der Waals surface area contributed by atoms with Crippen LogP contribution in [0.25, 0.3) is 0 Å². The van der Waals surface area contributed by atoms with Gasteiger partial charge in [-0.05, 0) is 6.54 Å². The number of fused-ring (bicyclic) bond motifs is 1. The number of nitrogens with two attached hydrogens (primary N) is 1. The van der Waals surface area contributed by atoms with Gasteiger partial charge >= 0.3 is 0 Å². The number of methoxy groups -OCH3 is 1. The molecule has 1 aromatic rings. The summed E-state index contributed by atoms with van der Waals surface area (Å²) in [6.07, 6.45) is 0.717. The van der Waals surface area contributed by atoms with E-state index in [1.807, 2.05) is 11.8 Å². The Bertz CT molecular complexity index is 343. The van der Waals surface area contributed by atoms with E-state index >= 15 is 0 Å². The molecule has 5 heteroatoms. The van der Waals surface area contributed by atoms with Gasteiger partial charge in [0.1, 0.15) is 5.82 Å². The first-order chi connectivity index (χ1) is 6.85. The number of rotatable bonds is 3. The first-order valence-electron chi connectivity index (χ1n) is 4.55. The fourth-order valence-corrected chi connectivity index (χ4v) is 2.51. The summed E-state index contributed by atoms with van der Waals surface area (Å²) in [4.78, 5) is 8.79. The van der Waals surface area contributed by atoms with Crippen molar-refractivity contribution in [2.45, 2.75) is 17.9 Å². The molecule has 0 amide bonds. The molecule has 0 saturated carbocycles. The molecule has 0 spiro atoms. The van der Waals surface area contributed by atoms with Crippen molar-refractivity contribution in [3.63, 3.8) is 0 Å². The Morgan fingerprint density at radius 1 is 1.43 bits per heavy atom. The van der Waals surface area contributed by atoms with Crippen LogP contribution in [0.1, 0.15) is 17.1 Å². The van der Waals surface area contributed by atoms with Crippen LogP contribution in [0.2, 0.25) is 0 Å². The molecule has 0 aliphatic carbocycles. The molecule has 4 nitrogen and oxygen atoms in total. The van der Waals surface area contributed by atoms with Crippen molar-refractivity contribution in [1.82, 2.24) is 9.97 Å². The largest absolute Gasteiger partial charge is 0.481 e. The summed E-state index contributed by atoms with van der Waals surface area (Å²) in [5.74, 6) is 3.45. The molecule has 1 aliphatic heterocycles. The average Bonchev–Trinajstić information content (AvgIpc) is 2.65. The van der Waals surface area contributed by atoms with E-state index in [-0.39, 0.29) is 0 Å². The Hall–Kier alpha value is -0.810. The lowest BCUT2D eigenvalue weighted by Gasteiger charge is -2.07. The highest BCUT2D eigenvalue weighted by Gasteiger charge is 2.19. The molecule has 0 saturated heterocycles. The second-order valence-corrected chi connectivity index (χ2v) is 4.09. The second kappa shape index (κ2) is 4.14. The van der Waals surface area contributed by atoms with E-state index in [2.05, 4.69) is 9.97 Å². The van der Waals surface area contributed by atoms with Crippen LogP contribution in [0, 0.1) is 0 Å². The van der Waals surface area contributed by atoms with Crippen LogP contribution in [-0.4, -0.2) is 23.6 Å². The van der Waals surface area contributed by atoms with Crippen LogP contribution in [0.5, 0.6) is 5.88 Å². The Labute approximate surface area is 87.3 Å². The summed E-state index contributed by atoms with van der Waals surface area (Å²) in [7, 11) is 1.65. The van der Waals surface area contributed by atoms with E-state index in [4.69, 9.17) is 10.5 Å². The summed E-state index contributed by atoms with van der Waals surface area (Å²) in [5, 5.41) is 0. The minimum absolute atomic E-state index is 0.578. The number of ether oxygens (including phenoxy) is 1. The van der Waals surface area contributed by atoms with Crippen LogP contribution in [0.4, 0.5) is 0 Å². The highest BCUT2D eigenvalue weighted by atomic mass is 32.2. The predicted molar refractivity (Wildman–Crippen MR) is 56.3 cm³/mol. The molecular weight excluding hydrogens is 198 g/mol. The van der Waals surface area contributed by atoms with Crippen molar-refractivity contribution in [1.29, 1.82) is 0 Å². The van der Waals surface area contributed by atoms with Crippen molar-refractivity contribution in [3.05, 3.63) is 17.1 Å². The SMILES string of the molecule is COc1nc(CCN)nc2c1CSC2. The lowest BCUT2D eigenvalue weighted by Crippen LogP contribution is -2.09. The van der Waals surface area contributed by atoms with Crippen molar-refractivity contribution in [2.24, 2.45) is 5.73 Å². The molecule has 1 aromatic heterocycles. The molecular formula is C9H13N3OS. The van der Waals surface area contributed by atoms with Gasteiger partial charge in [0.15, 0.2) is 0 Å². The van der Waals surface area contributed by atoms with E-state index in [1.165, 1.54) is 0 Å². The topological polar surface area (TPSA) is 61.0 Å². The van der Waals surface area contributed by atoms with Gasteiger partial charge in [-0.15, -0.1) is 0 Å². The summed E-state index contributed by atoms with van der Waals surface area (Å²) in [6.45, 7) is 0.578. The lowest BCUT2D eigenvalue weighted by molar-refractivity contribution is 0.390. The second-order valence-electron chi connectivity index (χ2n) is 3.11. The third kappa shape index (κ3) is 1.69. The number of aromatic nitrogens is 2. The molecule has 0 fully saturated rings. The molecule has 1 aliphatic rings. The molecule has 2 N–H and O–H groups in total. The molecule has 0 aromatic carbocycles. The Balaban J connectivity index is 2.39. The van der Waals surface area contributed by atoms with Crippen molar-refractivity contribution in [2.75, 3.05) is 13.7 Å². The van der Waals surface area contributed by atoms with Crippen molar-refractivity contribution < 1.29 is 4.74 Å². The van der Waals surface area contributed by atoms with Crippen LogP contribution in [0.15, 0.2) is 0 Å². The van der Waals surface area contributed by atoms with Gasteiger partial charge in [-0.3, -0.25) is 0 Å². The van der Waals surface area contributed by atoms with Gasteiger partial charge in [-0.25, -0.2) is 4.98 Å².